The predicted octanol–water partition coefficient (Wildman–Crippen LogP) is 4.85. The Kier molecular flexibility index (Phi) is 5.14. The molecule has 1 atom stereocenters. The minimum atomic E-state index is -0.826. The number of carbonyl (C=O) groups excluding carboxylic acids is 2. The van der Waals surface area contributed by atoms with Gasteiger partial charge in [-0.3, -0.25) is 14.5 Å². The first-order valence-corrected chi connectivity index (χ1v) is 9.64. The number of hydrogen-bond acceptors (Lipinski definition) is 5. The SMILES string of the molecule is CC(C)Oc1cccc(C2C(C(=O)c3ccco3)=C(O)C(=O)N2c2ccccc2)c1. The van der Waals surface area contributed by atoms with E-state index in [2.05, 4.69) is 0 Å². The Labute approximate surface area is 174 Å². The second-order valence-corrected chi connectivity index (χ2v) is 7.22. The van der Waals surface area contributed by atoms with Crippen molar-refractivity contribution in [2.75, 3.05) is 4.90 Å². The molecular formula is C24H21NO5. The monoisotopic (exact) mass is 403 g/mol. The van der Waals surface area contributed by atoms with E-state index in [1.54, 1.807) is 48.5 Å². The van der Waals surface area contributed by atoms with Gasteiger partial charge in [-0.15, -0.1) is 0 Å². The Morgan fingerprint density at radius 3 is 2.50 bits per heavy atom. The number of amides is 1. The molecule has 30 heavy (non-hydrogen) atoms. The normalized spacial score (nSPS) is 16.4. The number of anilines is 1. The highest BCUT2D eigenvalue weighted by molar-refractivity contribution is 6.20. The lowest BCUT2D eigenvalue weighted by Gasteiger charge is -2.27. The standard InChI is InChI=1S/C24H21NO5/c1-15(2)30-18-11-6-8-16(14-18)21-20(22(26)19-12-7-13-29-19)23(27)24(28)25(21)17-9-4-3-5-10-17/h3-15,21,27H,1-2H3. The summed E-state index contributed by atoms with van der Waals surface area (Å²) in [6.45, 7) is 3.83. The van der Waals surface area contributed by atoms with Crippen molar-refractivity contribution < 1.29 is 23.8 Å². The van der Waals surface area contributed by atoms with Gasteiger partial charge in [0.1, 0.15) is 5.75 Å². The van der Waals surface area contributed by atoms with Crippen LogP contribution in [0, 0.1) is 0 Å². The topological polar surface area (TPSA) is 80.0 Å². The van der Waals surface area contributed by atoms with Crippen molar-refractivity contribution in [1.29, 1.82) is 0 Å². The molecule has 0 saturated carbocycles. The van der Waals surface area contributed by atoms with Gasteiger partial charge >= 0.3 is 0 Å². The molecule has 0 fully saturated rings. The number of hydrogen-bond donors (Lipinski definition) is 1. The van der Waals surface area contributed by atoms with Crippen molar-refractivity contribution in [3.63, 3.8) is 0 Å². The van der Waals surface area contributed by atoms with Gasteiger partial charge in [0.25, 0.3) is 5.91 Å². The highest BCUT2D eigenvalue weighted by atomic mass is 16.5. The second-order valence-electron chi connectivity index (χ2n) is 7.22. The smallest absolute Gasteiger partial charge is 0.294 e. The number of ether oxygens (including phenoxy) is 1. The van der Waals surface area contributed by atoms with Gasteiger partial charge in [0.2, 0.25) is 5.78 Å². The fourth-order valence-corrected chi connectivity index (χ4v) is 3.58. The fraction of sp³-hybridized carbons (Fsp3) is 0.167. The van der Waals surface area contributed by atoms with Gasteiger partial charge in [0.15, 0.2) is 11.5 Å². The van der Waals surface area contributed by atoms with Crippen LogP contribution < -0.4 is 9.64 Å². The van der Waals surface area contributed by atoms with Gasteiger partial charge < -0.3 is 14.3 Å². The van der Waals surface area contributed by atoms with E-state index in [0.29, 0.717) is 17.0 Å². The summed E-state index contributed by atoms with van der Waals surface area (Å²) in [5.74, 6) is -1.10. The fourth-order valence-electron chi connectivity index (χ4n) is 3.58. The number of aliphatic hydroxyl groups excluding tert-OH is 1. The third kappa shape index (κ3) is 3.48. The molecule has 152 valence electrons. The predicted molar refractivity (Wildman–Crippen MR) is 112 cm³/mol. The summed E-state index contributed by atoms with van der Waals surface area (Å²) in [6, 6.07) is 18.4. The van der Waals surface area contributed by atoms with Crippen LogP contribution in [0.15, 0.2) is 88.7 Å². The Morgan fingerprint density at radius 1 is 1.07 bits per heavy atom. The molecule has 6 heteroatoms. The van der Waals surface area contributed by atoms with Crippen LogP contribution >= 0.6 is 0 Å². The van der Waals surface area contributed by atoms with E-state index in [0.717, 1.165) is 0 Å². The molecule has 1 aliphatic rings. The molecule has 0 bridgehead atoms. The molecule has 0 radical (unpaired) electrons. The summed E-state index contributed by atoms with van der Waals surface area (Å²) in [4.78, 5) is 27.6. The lowest BCUT2D eigenvalue weighted by atomic mass is 9.94. The van der Waals surface area contributed by atoms with Gasteiger partial charge in [-0.05, 0) is 55.8 Å². The van der Waals surface area contributed by atoms with Crippen molar-refractivity contribution in [2.45, 2.75) is 26.0 Å². The van der Waals surface area contributed by atoms with Gasteiger partial charge in [-0.1, -0.05) is 30.3 Å². The van der Waals surface area contributed by atoms with E-state index < -0.39 is 23.5 Å². The van der Waals surface area contributed by atoms with E-state index >= 15 is 0 Å². The van der Waals surface area contributed by atoms with Crippen LogP contribution in [0.25, 0.3) is 0 Å². The first-order valence-electron chi connectivity index (χ1n) is 9.64. The number of Topliss-reactive ketones (excluding diaryl/α,β-unsaturated/α-hetero) is 1. The quantitative estimate of drug-likeness (QED) is 0.595. The van der Waals surface area contributed by atoms with Crippen LogP contribution in [0.4, 0.5) is 5.69 Å². The highest BCUT2D eigenvalue weighted by Gasteiger charge is 2.45. The number of furan rings is 1. The molecule has 1 N–H and O–H groups in total. The van der Waals surface area contributed by atoms with E-state index in [-0.39, 0.29) is 17.4 Å². The van der Waals surface area contributed by atoms with Crippen molar-refractivity contribution in [3.05, 3.63) is 95.6 Å². The van der Waals surface area contributed by atoms with E-state index in [1.807, 2.05) is 26.0 Å². The zero-order valence-electron chi connectivity index (χ0n) is 16.6. The summed E-state index contributed by atoms with van der Waals surface area (Å²) < 4.78 is 11.0. The van der Waals surface area contributed by atoms with E-state index in [9.17, 15) is 14.7 Å². The minimum absolute atomic E-state index is 0.0273. The molecule has 3 aromatic rings. The van der Waals surface area contributed by atoms with Crippen LogP contribution in [-0.4, -0.2) is 22.9 Å². The number of nitrogens with zero attached hydrogens (tertiary/aromatic N) is 1. The molecule has 1 amide bonds. The van der Waals surface area contributed by atoms with Gasteiger partial charge in [0.05, 0.1) is 24.0 Å². The summed E-state index contributed by atoms with van der Waals surface area (Å²) in [5, 5.41) is 10.7. The van der Waals surface area contributed by atoms with Crippen molar-refractivity contribution in [1.82, 2.24) is 0 Å². The Hall–Kier alpha value is -3.80. The molecule has 2 heterocycles. The van der Waals surface area contributed by atoms with Crippen molar-refractivity contribution >= 4 is 17.4 Å². The second kappa shape index (κ2) is 7.91. The number of ketones is 1. The molecule has 0 aliphatic carbocycles. The zero-order chi connectivity index (χ0) is 21.3. The molecule has 2 aromatic carbocycles. The molecule has 0 spiro atoms. The number of para-hydroxylation sites is 1. The molecule has 4 rings (SSSR count). The van der Waals surface area contributed by atoms with Crippen LogP contribution in [0.2, 0.25) is 0 Å². The lowest BCUT2D eigenvalue weighted by Crippen LogP contribution is -2.31. The van der Waals surface area contributed by atoms with E-state index in [1.165, 1.54) is 17.2 Å². The van der Waals surface area contributed by atoms with Gasteiger partial charge in [-0.25, -0.2) is 0 Å². The minimum Gasteiger partial charge on any atom is -0.503 e. The lowest BCUT2D eigenvalue weighted by molar-refractivity contribution is -0.117. The summed E-state index contributed by atoms with van der Waals surface area (Å²) in [5.41, 5.74) is 1.18. The van der Waals surface area contributed by atoms with Crippen molar-refractivity contribution in [2.24, 2.45) is 0 Å². The summed E-state index contributed by atoms with van der Waals surface area (Å²) in [7, 11) is 0. The number of carbonyl (C=O) groups is 2. The van der Waals surface area contributed by atoms with Crippen molar-refractivity contribution in [3.8, 4) is 5.75 Å². The van der Waals surface area contributed by atoms with Crippen LogP contribution in [0.5, 0.6) is 5.75 Å². The van der Waals surface area contributed by atoms with Crippen LogP contribution in [0.3, 0.4) is 0 Å². The molecule has 6 nitrogen and oxygen atoms in total. The highest BCUT2D eigenvalue weighted by Crippen LogP contribution is 2.42. The van der Waals surface area contributed by atoms with Gasteiger partial charge in [0, 0.05) is 5.69 Å². The summed E-state index contributed by atoms with van der Waals surface area (Å²) >= 11 is 0. The average Bonchev–Trinajstić information content (AvgIpc) is 3.36. The molecule has 1 aromatic heterocycles. The number of rotatable bonds is 6. The first kappa shape index (κ1) is 19.5. The molecule has 1 unspecified atom stereocenters. The molecule has 1 aliphatic heterocycles. The first-order chi connectivity index (χ1) is 14.5. The Bertz CT molecular complexity index is 1100. The molecule has 0 saturated heterocycles. The third-order valence-electron chi connectivity index (χ3n) is 4.78. The molecular weight excluding hydrogens is 382 g/mol. The Morgan fingerprint density at radius 2 is 1.83 bits per heavy atom. The number of benzene rings is 2. The largest absolute Gasteiger partial charge is 0.503 e. The maximum absolute atomic E-state index is 13.2. The Balaban J connectivity index is 1.86. The zero-order valence-corrected chi connectivity index (χ0v) is 16.6. The van der Waals surface area contributed by atoms with Crippen LogP contribution in [0.1, 0.15) is 36.0 Å². The van der Waals surface area contributed by atoms with Crippen LogP contribution in [-0.2, 0) is 4.79 Å². The maximum Gasteiger partial charge on any atom is 0.294 e. The maximum atomic E-state index is 13.2. The third-order valence-corrected chi connectivity index (χ3v) is 4.78. The average molecular weight is 403 g/mol. The number of aliphatic hydroxyl groups is 1. The summed E-state index contributed by atoms with van der Waals surface area (Å²) in [6.07, 6.45) is 1.34. The van der Waals surface area contributed by atoms with Gasteiger partial charge in [-0.2, -0.15) is 0 Å². The van der Waals surface area contributed by atoms with E-state index in [4.69, 9.17) is 9.15 Å².